The quantitative estimate of drug-likeness (QED) is 0.278. The Hall–Kier alpha value is -3.39. The molecule has 0 spiro atoms. The zero-order valence-corrected chi connectivity index (χ0v) is 19.2. The van der Waals surface area contributed by atoms with Crippen LogP contribution in [0.15, 0.2) is 77.3 Å². The fourth-order valence-corrected chi connectivity index (χ4v) is 5.55. The van der Waals surface area contributed by atoms with Crippen LogP contribution in [0.2, 0.25) is 0 Å². The number of pyridine rings is 1. The third-order valence-electron chi connectivity index (χ3n) is 7.04. The van der Waals surface area contributed by atoms with Gasteiger partial charge >= 0.3 is 0 Å². The van der Waals surface area contributed by atoms with Crippen LogP contribution in [0, 0.1) is 12.3 Å². The number of benzene rings is 3. The molecule has 0 unspecified atom stereocenters. The van der Waals surface area contributed by atoms with Crippen LogP contribution in [-0.4, -0.2) is 0 Å². The monoisotopic (exact) mass is 418 g/mol. The highest BCUT2D eigenvalue weighted by atomic mass is 16.3. The van der Waals surface area contributed by atoms with E-state index in [1.165, 1.54) is 44.2 Å². The number of aryl methyl sites for hydroxylation is 2. The van der Waals surface area contributed by atoms with Crippen molar-refractivity contribution in [2.24, 2.45) is 12.5 Å². The van der Waals surface area contributed by atoms with Gasteiger partial charge in [0.1, 0.15) is 18.2 Å². The zero-order chi connectivity index (χ0) is 22.0. The predicted octanol–water partition coefficient (Wildman–Crippen LogP) is 7.18. The van der Waals surface area contributed by atoms with Gasteiger partial charge in [0.05, 0.1) is 5.56 Å². The summed E-state index contributed by atoms with van der Waals surface area (Å²) in [5, 5.41) is 2.39. The van der Waals surface area contributed by atoms with Crippen molar-refractivity contribution in [3.63, 3.8) is 0 Å². The summed E-state index contributed by atoms with van der Waals surface area (Å²) in [7, 11) is 2.09. The molecule has 32 heavy (non-hydrogen) atoms. The average molecular weight is 419 g/mol. The number of hydrogen-bond donors (Lipinski definition) is 0. The van der Waals surface area contributed by atoms with Crippen molar-refractivity contribution >= 4 is 21.9 Å². The van der Waals surface area contributed by atoms with Crippen LogP contribution in [-0.2, 0) is 19.9 Å². The van der Waals surface area contributed by atoms with E-state index in [4.69, 9.17) is 4.42 Å². The van der Waals surface area contributed by atoms with Crippen LogP contribution in [0.4, 0.5) is 0 Å². The van der Waals surface area contributed by atoms with Crippen molar-refractivity contribution in [1.29, 1.82) is 0 Å². The fourth-order valence-electron chi connectivity index (χ4n) is 5.55. The second kappa shape index (κ2) is 6.80. The minimum absolute atomic E-state index is 0.354. The summed E-state index contributed by atoms with van der Waals surface area (Å²) >= 11 is 0. The Labute approximate surface area is 189 Å². The predicted molar refractivity (Wildman–Crippen MR) is 132 cm³/mol. The van der Waals surface area contributed by atoms with Gasteiger partial charge in [0.15, 0.2) is 6.20 Å². The Morgan fingerprint density at radius 2 is 1.72 bits per heavy atom. The van der Waals surface area contributed by atoms with E-state index < -0.39 is 0 Å². The largest absolute Gasteiger partial charge is 0.455 e. The molecule has 0 bridgehead atoms. The van der Waals surface area contributed by atoms with Crippen molar-refractivity contribution in [3.05, 3.63) is 89.6 Å². The summed E-state index contributed by atoms with van der Waals surface area (Å²) < 4.78 is 8.71. The molecular weight excluding hydrogens is 390 g/mol. The van der Waals surface area contributed by atoms with E-state index in [2.05, 4.69) is 105 Å². The topological polar surface area (TPSA) is 17.0 Å². The van der Waals surface area contributed by atoms with Gasteiger partial charge in [0.25, 0.3) is 0 Å². The summed E-state index contributed by atoms with van der Waals surface area (Å²) in [6.45, 7) is 6.90. The van der Waals surface area contributed by atoms with Gasteiger partial charge in [-0.15, -0.1) is 0 Å². The van der Waals surface area contributed by atoms with Crippen LogP contribution in [0.5, 0.6) is 0 Å². The molecule has 0 radical (unpaired) electrons. The molecule has 0 atom stereocenters. The molecule has 0 aliphatic heterocycles. The molecule has 2 nitrogen and oxygen atoms in total. The lowest BCUT2D eigenvalue weighted by atomic mass is 9.90. The molecule has 0 amide bonds. The van der Waals surface area contributed by atoms with Crippen LogP contribution in [0.25, 0.3) is 44.3 Å². The molecule has 6 rings (SSSR count). The minimum Gasteiger partial charge on any atom is -0.455 e. The summed E-state index contributed by atoms with van der Waals surface area (Å²) in [5.41, 5.74) is 11.3. The normalized spacial score (nSPS) is 14.9. The van der Waals surface area contributed by atoms with Gasteiger partial charge in [-0.25, -0.2) is 4.57 Å². The third-order valence-corrected chi connectivity index (χ3v) is 7.04. The first-order valence-electron chi connectivity index (χ1n) is 11.4. The second-order valence-electron chi connectivity index (χ2n) is 10.1. The minimum atomic E-state index is 0.354. The molecular formula is C30H28NO+. The first-order valence-corrected chi connectivity index (χ1v) is 11.4. The Morgan fingerprint density at radius 3 is 2.56 bits per heavy atom. The van der Waals surface area contributed by atoms with Gasteiger partial charge in [0.2, 0.25) is 5.69 Å². The number of nitrogens with zero attached hydrogens (tertiary/aromatic N) is 1. The van der Waals surface area contributed by atoms with Crippen LogP contribution in [0.3, 0.4) is 0 Å². The van der Waals surface area contributed by atoms with E-state index in [0.717, 1.165) is 29.7 Å². The van der Waals surface area contributed by atoms with Gasteiger partial charge in [-0.2, -0.15) is 0 Å². The van der Waals surface area contributed by atoms with Gasteiger partial charge in [-0.05, 0) is 65.1 Å². The molecule has 2 heterocycles. The molecule has 0 saturated carbocycles. The Morgan fingerprint density at radius 1 is 0.875 bits per heavy atom. The third kappa shape index (κ3) is 2.90. The molecule has 0 N–H and O–H groups in total. The number of hydrogen-bond acceptors (Lipinski definition) is 1. The summed E-state index contributed by atoms with van der Waals surface area (Å²) in [4.78, 5) is 0. The van der Waals surface area contributed by atoms with E-state index in [-0.39, 0.29) is 0 Å². The first kappa shape index (κ1) is 19.3. The highest BCUT2D eigenvalue weighted by Crippen LogP contribution is 2.43. The van der Waals surface area contributed by atoms with Crippen LogP contribution >= 0.6 is 0 Å². The van der Waals surface area contributed by atoms with E-state index in [0.29, 0.717) is 5.41 Å². The fraction of sp³-hybridized carbons (Fsp3) is 0.233. The van der Waals surface area contributed by atoms with E-state index >= 15 is 0 Å². The number of rotatable bonds is 2. The maximum atomic E-state index is 6.55. The molecule has 3 aromatic carbocycles. The van der Waals surface area contributed by atoms with Gasteiger partial charge in [-0.1, -0.05) is 56.3 Å². The zero-order valence-electron chi connectivity index (χ0n) is 19.2. The van der Waals surface area contributed by atoms with Crippen LogP contribution in [0.1, 0.15) is 30.5 Å². The number of aromatic nitrogens is 1. The van der Waals surface area contributed by atoms with Crippen LogP contribution < -0.4 is 4.57 Å². The van der Waals surface area contributed by atoms with E-state index in [1.807, 2.05) is 0 Å². The Kier molecular flexibility index (Phi) is 4.10. The van der Waals surface area contributed by atoms with Crippen molar-refractivity contribution in [2.45, 2.75) is 33.6 Å². The summed E-state index contributed by atoms with van der Waals surface area (Å²) in [6.07, 6.45) is 4.40. The maximum absolute atomic E-state index is 6.55. The van der Waals surface area contributed by atoms with Gasteiger partial charge < -0.3 is 4.42 Å². The van der Waals surface area contributed by atoms with E-state index in [9.17, 15) is 0 Å². The Balaban J connectivity index is 1.62. The van der Waals surface area contributed by atoms with Crippen molar-refractivity contribution in [3.8, 4) is 22.4 Å². The first-order chi connectivity index (χ1) is 15.4. The maximum Gasteiger partial charge on any atom is 0.216 e. The molecule has 158 valence electrons. The molecule has 2 heteroatoms. The standard InChI is InChI=1S/C30H28NO/c1-19-11-14-24-28-23(20-12-13-21-17-30(2,3)18-22(21)16-20)8-7-10-26(28)32-29(24)27(19)25-9-5-6-15-31(25)4/h5-16H,17-18H2,1-4H3/q+1. The second-order valence-corrected chi connectivity index (χ2v) is 10.1. The lowest BCUT2D eigenvalue weighted by molar-refractivity contribution is -0.660. The molecule has 2 aromatic heterocycles. The SMILES string of the molecule is Cc1ccc2c(oc3cccc(-c4ccc5c(c4)CC(C)(C)C5)c32)c1-c1cccc[n+]1C. The average Bonchev–Trinajstić information content (AvgIpc) is 3.29. The molecule has 5 aromatic rings. The summed E-state index contributed by atoms with van der Waals surface area (Å²) in [5.74, 6) is 0. The van der Waals surface area contributed by atoms with Crippen molar-refractivity contribution < 1.29 is 8.98 Å². The number of furan rings is 1. The van der Waals surface area contributed by atoms with Gasteiger partial charge in [-0.3, -0.25) is 0 Å². The van der Waals surface area contributed by atoms with Crippen molar-refractivity contribution in [2.75, 3.05) is 0 Å². The molecule has 1 aliphatic rings. The van der Waals surface area contributed by atoms with Gasteiger partial charge in [0, 0.05) is 22.9 Å². The highest BCUT2D eigenvalue weighted by molar-refractivity contribution is 6.15. The smallest absolute Gasteiger partial charge is 0.216 e. The molecule has 0 saturated heterocycles. The molecule has 0 fully saturated rings. The lowest BCUT2D eigenvalue weighted by Crippen LogP contribution is -2.30. The number of fused-ring (bicyclic) bond motifs is 4. The summed E-state index contributed by atoms with van der Waals surface area (Å²) in [6, 6.07) is 24.2. The van der Waals surface area contributed by atoms with Crippen molar-refractivity contribution in [1.82, 2.24) is 0 Å². The molecule has 1 aliphatic carbocycles. The Bertz CT molecular complexity index is 1520. The highest BCUT2D eigenvalue weighted by Gasteiger charge is 2.28. The van der Waals surface area contributed by atoms with E-state index in [1.54, 1.807) is 0 Å². The lowest BCUT2D eigenvalue weighted by Gasteiger charge is -2.14.